The smallest absolute Gasteiger partial charge is 0.238 e. The number of nitrogens with zero attached hydrogens (tertiary/aromatic N) is 1. The zero-order valence-corrected chi connectivity index (χ0v) is 12.6. The Morgan fingerprint density at radius 1 is 1.23 bits per heavy atom. The van der Waals surface area contributed by atoms with E-state index in [0.717, 1.165) is 42.5 Å². The molecule has 1 saturated heterocycles. The van der Waals surface area contributed by atoms with Crippen molar-refractivity contribution in [2.45, 2.75) is 31.2 Å². The number of piperidine rings is 1. The average Bonchev–Trinajstić information content (AvgIpc) is 2.57. The number of nitrogens with one attached hydrogen (secondary N) is 1. The first kappa shape index (κ1) is 14.7. The van der Waals surface area contributed by atoms with E-state index in [1.165, 1.54) is 0 Å². The van der Waals surface area contributed by atoms with E-state index in [-0.39, 0.29) is 5.91 Å². The number of benzene rings is 1. The molecule has 1 aliphatic rings. The van der Waals surface area contributed by atoms with Gasteiger partial charge in [-0.25, -0.2) is 0 Å². The van der Waals surface area contributed by atoms with E-state index >= 15 is 0 Å². The van der Waals surface area contributed by atoms with Gasteiger partial charge in [0.1, 0.15) is 5.54 Å². The van der Waals surface area contributed by atoms with Crippen LogP contribution >= 0.6 is 0 Å². The van der Waals surface area contributed by atoms with Gasteiger partial charge in [0, 0.05) is 12.4 Å². The van der Waals surface area contributed by atoms with Gasteiger partial charge in [-0.2, -0.15) is 0 Å². The van der Waals surface area contributed by atoms with Gasteiger partial charge in [0.25, 0.3) is 0 Å². The summed E-state index contributed by atoms with van der Waals surface area (Å²) in [5.41, 5.74) is 8.39. The highest BCUT2D eigenvalue weighted by Gasteiger charge is 2.37. The lowest BCUT2D eigenvalue weighted by molar-refractivity contribution is -0.125. The Hall–Kier alpha value is -2.20. The second-order valence-corrected chi connectivity index (χ2v) is 5.95. The van der Waals surface area contributed by atoms with E-state index in [9.17, 15) is 4.79 Å². The number of pyridine rings is 1. The van der Waals surface area contributed by atoms with Gasteiger partial charge in [-0.1, -0.05) is 30.3 Å². The van der Waals surface area contributed by atoms with Crippen LogP contribution in [0.5, 0.6) is 0 Å². The van der Waals surface area contributed by atoms with Crippen molar-refractivity contribution >= 4 is 5.91 Å². The number of carbonyl (C=O) groups is 1. The summed E-state index contributed by atoms with van der Waals surface area (Å²) in [6, 6.07) is 12.2. The molecule has 114 valence electrons. The summed E-state index contributed by atoms with van der Waals surface area (Å²) in [4.78, 5) is 16.1. The minimum absolute atomic E-state index is 0.251. The molecule has 22 heavy (non-hydrogen) atoms. The Bertz CT molecular complexity index is 648. The number of nitrogens with two attached hydrogens (primary N) is 1. The Balaban J connectivity index is 1.87. The summed E-state index contributed by atoms with van der Waals surface area (Å²) in [5, 5.41) is 3.35. The van der Waals surface area contributed by atoms with Crippen LogP contribution in [0.4, 0.5) is 0 Å². The van der Waals surface area contributed by atoms with Crippen LogP contribution in [-0.4, -0.2) is 23.0 Å². The largest absolute Gasteiger partial charge is 0.368 e. The molecule has 0 bridgehead atoms. The molecule has 0 saturated carbocycles. The van der Waals surface area contributed by atoms with Crippen molar-refractivity contribution in [3.05, 3.63) is 54.4 Å². The maximum Gasteiger partial charge on any atom is 0.238 e. The van der Waals surface area contributed by atoms with Gasteiger partial charge in [-0.3, -0.25) is 9.78 Å². The summed E-state index contributed by atoms with van der Waals surface area (Å²) in [6.45, 7) is 0.852. The summed E-state index contributed by atoms with van der Waals surface area (Å²) in [5.74, 6) is -0.251. The van der Waals surface area contributed by atoms with Gasteiger partial charge in [0.2, 0.25) is 5.91 Å². The molecule has 1 amide bonds. The highest BCUT2D eigenvalue weighted by molar-refractivity contribution is 5.85. The third-order valence-electron chi connectivity index (χ3n) is 4.39. The highest BCUT2D eigenvalue weighted by atomic mass is 16.1. The molecule has 3 N–H and O–H groups in total. The lowest BCUT2D eigenvalue weighted by atomic mass is 9.82. The number of primary amides is 1. The zero-order chi connectivity index (χ0) is 15.4. The van der Waals surface area contributed by atoms with Crippen LogP contribution in [0, 0.1) is 0 Å². The molecule has 4 nitrogen and oxygen atoms in total. The Morgan fingerprint density at radius 2 is 2.09 bits per heavy atom. The third-order valence-corrected chi connectivity index (χ3v) is 4.39. The fraction of sp³-hybridized carbons (Fsp3) is 0.333. The number of rotatable bonds is 4. The molecule has 1 atom stereocenters. The maximum absolute atomic E-state index is 12.0. The van der Waals surface area contributed by atoms with Gasteiger partial charge in [-0.15, -0.1) is 0 Å². The van der Waals surface area contributed by atoms with Crippen LogP contribution in [0.15, 0.2) is 48.8 Å². The molecule has 1 aliphatic heterocycles. The van der Waals surface area contributed by atoms with Crippen LogP contribution in [0.2, 0.25) is 0 Å². The monoisotopic (exact) mass is 295 g/mol. The molecule has 3 rings (SSSR count). The molecule has 0 radical (unpaired) electrons. The molecule has 1 aromatic carbocycles. The van der Waals surface area contributed by atoms with E-state index < -0.39 is 5.54 Å². The van der Waals surface area contributed by atoms with E-state index in [1.807, 2.05) is 24.4 Å². The maximum atomic E-state index is 12.0. The fourth-order valence-electron chi connectivity index (χ4n) is 3.16. The predicted molar refractivity (Wildman–Crippen MR) is 87.2 cm³/mol. The second-order valence-electron chi connectivity index (χ2n) is 5.95. The Morgan fingerprint density at radius 3 is 2.77 bits per heavy atom. The van der Waals surface area contributed by atoms with Gasteiger partial charge in [-0.05, 0) is 55.0 Å². The fourth-order valence-corrected chi connectivity index (χ4v) is 3.16. The first-order chi connectivity index (χ1) is 10.7. The van der Waals surface area contributed by atoms with Gasteiger partial charge < -0.3 is 11.1 Å². The summed E-state index contributed by atoms with van der Waals surface area (Å²) in [7, 11) is 0. The average molecular weight is 295 g/mol. The standard InChI is InChI=1S/C18H21N3O/c19-17(22)18(8-1-2-10-21-18)12-14-5-3-6-15(11-14)16-7-4-9-20-13-16/h3-7,9,11,13,21H,1-2,8,10,12H2,(H2,19,22). The zero-order valence-electron chi connectivity index (χ0n) is 12.6. The van der Waals surface area contributed by atoms with Crippen molar-refractivity contribution in [2.24, 2.45) is 5.73 Å². The summed E-state index contributed by atoms with van der Waals surface area (Å²) >= 11 is 0. The van der Waals surface area contributed by atoms with Crippen molar-refractivity contribution in [1.82, 2.24) is 10.3 Å². The second kappa shape index (κ2) is 6.28. The molecule has 0 aliphatic carbocycles. The van der Waals surface area contributed by atoms with Crippen molar-refractivity contribution in [2.75, 3.05) is 6.54 Å². The van der Waals surface area contributed by atoms with Crippen LogP contribution < -0.4 is 11.1 Å². The lowest BCUT2D eigenvalue weighted by Crippen LogP contribution is -2.59. The van der Waals surface area contributed by atoms with Gasteiger partial charge in [0.05, 0.1) is 0 Å². The van der Waals surface area contributed by atoms with Crippen LogP contribution in [0.25, 0.3) is 11.1 Å². The number of amides is 1. The predicted octanol–water partition coefficient (Wildman–Crippen LogP) is 2.29. The molecule has 4 heteroatoms. The highest BCUT2D eigenvalue weighted by Crippen LogP contribution is 2.26. The molecular formula is C18H21N3O. The van der Waals surface area contributed by atoms with E-state index in [0.29, 0.717) is 6.42 Å². The minimum atomic E-state index is -0.605. The van der Waals surface area contributed by atoms with Gasteiger partial charge >= 0.3 is 0 Å². The van der Waals surface area contributed by atoms with E-state index in [4.69, 9.17) is 5.73 Å². The molecule has 2 aromatic rings. The SMILES string of the molecule is NC(=O)C1(Cc2cccc(-c3cccnc3)c2)CCCCN1. The van der Waals surface area contributed by atoms with Crippen LogP contribution in [0.1, 0.15) is 24.8 Å². The summed E-state index contributed by atoms with van der Waals surface area (Å²) in [6.07, 6.45) is 7.20. The van der Waals surface area contributed by atoms with E-state index in [1.54, 1.807) is 6.20 Å². The van der Waals surface area contributed by atoms with Gasteiger partial charge in [0.15, 0.2) is 0 Å². The van der Waals surface area contributed by atoms with E-state index in [2.05, 4.69) is 28.5 Å². The normalized spacial score (nSPS) is 21.5. The molecule has 1 fully saturated rings. The van der Waals surface area contributed by atoms with Crippen molar-refractivity contribution in [3.8, 4) is 11.1 Å². The van der Waals surface area contributed by atoms with Crippen LogP contribution in [0.3, 0.4) is 0 Å². The topological polar surface area (TPSA) is 68.0 Å². The van der Waals surface area contributed by atoms with Crippen LogP contribution in [-0.2, 0) is 11.2 Å². The quantitative estimate of drug-likeness (QED) is 0.909. The number of aromatic nitrogens is 1. The Labute approximate surface area is 130 Å². The molecule has 0 spiro atoms. The molecule has 2 heterocycles. The Kier molecular flexibility index (Phi) is 4.20. The lowest BCUT2D eigenvalue weighted by Gasteiger charge is -2.35. The first-order valence-corrected chi connectivity index (χ1v) is 7.74. The van der Waals surface area contributed by atoms with Crippen molar-refractivity contribution in [1.29, 1.82) is 0 Å². The molecule has 1 aromatic heterocycles. The molecular weight excluding hydrogens is 274 g/mol. The number of carbonyl (C=O) groups excluding carboxylic acids is 1. The van der Waals surface area contributed by atoms with Crippen molar-refractivity contribution < 1.29 is 4.79 Å². The number of hydrogen-bond acceptors (Lipinski definition) is 3. The molecule has 1 unspecified atom stereocenters. The first-order valence-electron chi connectivity index (χ1n) is 7.74. The summed E-state index contributed by atoms with van der Waals surface area (Å²) < 4.78 is 0. The third kappa shape index (κ3) is 3.02. The number of hydrogen-bond donors (Lipinski definition) is 2. The van der Waals surface area contributed by atoms with Crippen molar-refractivity contribution in [3.63, 3.8) is 0 Å². The minimum Gasteiger partial charge on any atom is -0.368 e.